The number of aromatic hydroxyl groups is 1. The Kier molecular flexibility index (Phi) is 3.27. The van der Waals surface area contributed by atoms with Gasteiger partial charge in [-0.3, -0.25) is 9.59 Å². The van der Waals surface area contributed by atoms with Crippen molar-refractivity contribution in [3.05, 3.63) is 74.6 Å². The normalized spacial score (nSPS) is 12.7. The first kappa shape index (κ1) is 15.8. The van der Waals surface area contributed by atoms with E-state index in [4.69, 9.17) is 4.42 Å². The van der Waals surface area contributed by atoms with Gasteiger partial charge in [0.25, 0.3) is 0 Å². The molecule has 0 saturated heterocycles. The average Bonchev–Trinajstić information content (AvgIpc) is 2.65. The number of hydrogen-bond acceptors (Lipinski definition) is 7. The zero-order valence-corrected chi connectivity index (χ0v) is 13.4. The molecule has 0 radical (unpaired) electrons. The molecule has 1 N–H and O–H groups in total. The first-order chi connectivity index (χ1) is 12.4. The summed E-state index contributed by atoms with van der Waals surface area (Å²) in [5.74, 6) is -2.54. The molecule has 0 unspecified atom stereocenters. The second-order valence-electron chi connectivity index (χ2n) is 5.70. The van der Waals surface area contributed by atoms with Gasteiger partial charge in [0.1, 0.15) is 0 Å². The van der Waals surface area contributed by atoms with E-state index in [0.29, 0.717) is 0 Å². The van der Waals surface area contributed by atoms with E-state index in [1.54, 1.807) is 12.1 Å². The van der Waals surface area contributed by atoms with Crippen LogP contribution in [0, 0.1) is 0 Å². The average molecular weight is 350 g/mol. The highest BCUT2D eigenvalue weighted by Gasteiger charge is 2.34. The van der Waals surface area contributed by atoms with Gasteiger partial charge in [0.05, 0.1) is 18.2 Å². The molecule has 1 aliphatic rings. The van der Waals surface area contributed by atoms with Gasteiger partial charge >= 0.3 is 11.6 Å². The minimum absolute atomic E-state index is 0.00762. The number of fused-ring (bicyclic) bond motifs is 3. The third-order valence-corrected chi connectivity index (χ3v) is 4.30. The lowest BCUT2D eigenvalue weighted by atomic mass is 9.82. The molecular weight excluding hydrogens is 340 g/mol. The minimum atomic E-state index is -0.900. The van der Waals surface area contributed by atoms with Crippen molar-refractivity contribution in [2.24, 2.45) is 0 Å². The van der Waals surface area contributed by atoms with Crippen LogP contribution in [0.1, 0.15) is 42.2 Å². The molecule has 26 heavy (non-hydrogen) atoms. The van der Waals surface area contributed by atoms with Crippen molar-refractivity contribution in [2.75, 3.05) is 7.11 Å². The summed E-state index contributed by atoms with van der Waals surface area (Å²) in [6, 6.07) is 8.37. The molecular formula is C19H10O7. The number of carbonyl (C=O) groups is 3. The Morgan fingerprint density at radius 1 is 1.00 bits per heavy atom. The summed E-state index contributed by atoms with van der Waals surface area (Å²) in [7, 11) is 1.13. The monoisotopic (exact) mass is 350 g/mol. The number of phenols is 1. The summed E-state index contributed by atoms with van der Waals surface area (Å²) in [4.78, 5) is 49.3. The third kappa shape index (κ3) is 2.00. The largest absolute Gasteiger partial charge is 0.504 e. The summed E-state index contributed by atoms with van der Waals surface area (Å²) in [5.41, 5.74) is -1.41. The molecule has 0 aliphatic heterocycles. The molecule has 1 aromatic heterocycles. The van der Waals surface area contributed by atoms with Gasteiger partial charge in [-0.1, -0.05) is 24.3 Å². The van der Waals surface area contributed by atoms with Crippen molar-refractivity contribution in [1.29, 1.82) is 0 Å². The predicted octanol–water partition coefficient (Wildman–Crippen LogP) is 2.06. The van der Waals surface area contributed by atoms with Crippen LogP contribution in [0.2, 0.25) is 0 Å². The molecule has 7 heteroatoms. The first-order valence-corrected chi connectivity index (χ1v) is 7.54. The van der Waals surface area contributed by atoms with Crippen molar-refractivity contribution in [3.63, 3.8) is 0 Å². The highest BCUT2D eigenvalue weighted by atomic mass is 16.5. The van der Waals surface area contributed by atoms with E-state index in [9.17, 15) is 24.3 Å². The standard InChI is InChI=1S/C19H10O7/c1-25-19(24)11-7-13(20)26-18-10(11)6-12-14(17(18)23)16(22)9-5-3-2-4-8(9)15(12)21/h2-7,23H,1H3. The lowest BCUT2D eigenvalue weighted by Gasteiger charge is -2.19. The fourth-order valence-corrected chi connectivity index (χ4v) is 3.13. The summed E-state index contributed by atoms with van der Waals surface area (Å²) in [5, 5.41) is 10.6. The van der Waals surface area contributed by atoms with E-state index in [1.807, 2.05) is 0 Å². The highest BCUT2D eigenvalue weighted by Crippen LogP contribution is 2.38. The van der Waals surface area contributed by atoms with E-state index in [0.717, 1.165) is 13.2 Å². The molecule has 128 valence electrons. The number of rotatable bonds is 1. The first-order valence-electron chi connectivity index (χ1n) is 7.54. The molecule has 0 atom stereocenters. The molecule has 7 nitrogen and oxygen atoms in total. The van der Waals surface area contributed by atoms with Crippen molar-refractivity contribution < 1.29 is 28.6 Å². The van der Waals surface area contributed by atoms with Crippen LogP contribution in [0.25, 0.3) is 11.0 Å². The van der Waals surface area contributed by atoms with Crippen molar-refractivity contribution >= 4 is 28.5 Å². The maximum atomic E-state index is 12.8. The Morgan fingerprint density at radius 2 is 1.65 bits per heavy atom. The molecule has 0 spiro atoms. The molecule has 0 amide bonds. The smallest absolute Gasteiger partial charge is 0.338 e. The van der Waals surface area contributed by atoms with Crippen molar-refractivity contribution in [3.8, 4) is 5.75 Å². The van der Waals surface area contributed by atoms with Crippen LogP contribution in [-0.2, 0) is 4.74 Å². The number of ether oxygens (including phenoxy) is 1. The Hall–Kier alpha value is -3.74. The predicted molar refractivity (Wildman–Crippen MR) is 88.8 cm³/mol. The van der Waals surface area contributed by atoms with Crippen LogP contribution in [0.3, 0.4) is 0 Å². The fraction of sp³-hybridized carbons (Fsp3) is 0.0526. The summed E-state index contributed by atoms with van der Waals surface area (Å²) >= 11 is 0. The molecule has 3 aromatic rings. The molecule has 1 heterocycles. The number of phenolic OH excluding ortho intramolecular Hbond substituents is 1. The van der Waals surface area contributed by atoms with Crippen LogP contribution >= 0.6 is 0 Å². The van der Waals surface area contributed by atoms with Gasteiger partial charge in [-0.15, -0.1) is 0 Å². The third-order valence-electron chi connectivity index (χ3n) is 4.30. The van der Waals surface area contributed by atoms with Crippen LogP contribution in [0.15, 0.2) is 45.6 Å². The van der Waals surface area contributed by atoms with E-state index < -0.39 is 28.9 Å². The number of methoxy groups -OCH3 is 1. The van der Waals surface area contributed by atoms with Gasteiger partial charge in [0, 0.05) is 28.1 Å². The molecule has 0 saturated carbocycles. The maximum Gasteiger partial charge on any atom is 0.338 e. The second-order valence-corrected chi connectivity index (χ2v) is 5.70. The van der Waals surface area contributed by atoms with Crippen molar-refractivity contribution in [2.45, 2.75) is 0 Å². The van der Waals surface area contributed by atoms with Gasteiger partial charge in [-0.2, -0.15) is 0 Å². The summed E-state index contributed by atoms with van der Waals surface area (Å²) in [6.45, 7) is 0. The van der Waals surface area contributed by atoms with Gasteiger partial charge in [0.2, 0.25) is 0 Å². The van der Waals surface area contributed by atoms with E-state index in [2.05, 4.69) is 4.74 Å². The Morgan fingerprint density at radius 3 is 2.31 bits per heavy atom. The number of ketones is 2. The van der Waals surface area contributed by atoms with Crippen LogP contribution in [-0.4, -0.2) is 29.8 Å². The Balaban J connectivity index is 2.14. The highest BCUT2D eigenvalue weighted by molar-refractivity contribution is 6.31. The summed E-state index contributed by atoms with van der Waals surface area (Å²) in [6.07, 6.45) is 0. The number of carbonyl (C=O) groups excluding carboxylic acids is 3. The zero-order chi connectivity index (χ0) is 18.6. The van der Waals surface area contributed by atoms with Gasteiger partial charge in [-0.05, 0) is 6.07 Å². The maximum absolute atomic E-state index is 12.8. The number of hydrogen-bond donors (Lipinski definition) is 1. The zero-order valence-electron chi connectivity index (χ0n) is 13.4. The van der Waals surface area contributed by atoms with Gasteiger partial charge in [0.15, 0.2) is 22.9 Å². The Bertz CT molecular complexity index is 1200. The summed E-state index contributed by atoms with van der Waals surface area (Å²) < 4.78 is 9.62. The fourth-order valence-electron chi connectivity index (χ4n) is 3.13. The van der Waals surface area contributed by atoms with Crippen molar-refractivity contribution in [1.82, 2.24) is 0 Å². The lowest BCUT2D eigenvalue weighted by molar-refractivity contribution is 0.0602. The van der Waals surface area contributed by atoms with E-state index >= 15 is 0 Å². The van der Waals surface area contributed by atoms with E-state index in [1.165, 1.54) is 18.2 Å². The SMILES string of the molecule is COC(=O)c1cc(=O)oc2c(O)c3c(cc12)C(=O)c1ccccc1C3=O. The van der Waals surface area contributed by atoms with E-state index in [-0.39, 0.29) is 38.8 Å². The van der Waals surface area contributed by atoms with Gasteiger partial charge < -0.3 is 14.3 Å². The van der Waals surface area contributed by atoms with Gasteiger partial charge in [-0.25, -0.2) is 9.59 Å². The Labute approximate surface area is 145 Å². The minimum Gasteiger partial charge on any atom is -0.504 e. The molecule has 0 bridgehead atoms. The quantitative estimate of drug-likeness (QED) is 0.413. The van der Waals surface area contributed by atoms with Crippen LogP contribution in [0.5, 0.6) is 5.75 Å². The lowest BCUT2D eigenvalue weighted by Crippen LogP contribution is -2.21. The second kappa shape index (κ2) is 5.38. The topological polar surface area (TPSA) is 111 Å². The molecule has 1 aliphatic carbocycles. The molecule has 0 fully saturated rings. The van der Waals surface area contributed by atoms with Crippen LogP contribution in [0.4, 0.5) is 0 Å². The number of esters is 1. The number of benzene rings is 2. The molecule has 2 aromatic carbocycles. The molecule has 4 rings (SSSR count). The van der Waals surface area contributed by atoms with Crippen LogP contribution < -0.4 is 5.63 Å².